The lowest BCUT2D eigenvalue weighted by Gasteiger charge is -2.75. The van der Waals surface area contributed by atoms with E-state index in [2.05, 4.69) is 62.4 Å². The van der Waals surface area contributed by atoms with E-state index in [0.29, 0.717) is 5.92 Å². The molecule has 0 heterocycles. The Labute approximate surface area is 260 Å². The van der Waals surface area contributed by atoms with E-state index in [1.165, 1.54) is 43.2 Å². The van der Waals surface area contributed by atoms with Crippen molar-refractivity contribution < 1.29 is 9.47 Å². The number of rotatable bonds is 6. The number of hydrogen-bond donors (Lipinski definition) is 2. The third-order valence-corrected chi connectivity index (χ3v) is 12.7. The second kappa shape index (κ2) is 9.54. The van der Waals surface area contributed by atoms with Crippen LogP contribution in [0.1, 0.15) is 54.4 Å². The third-order valence-electron chi connectivity index (χ3n) is 12.7. The molecular formula is C40H42N2O2. The van der Waals surface area contributed by atoms with Crippen LogP contribution in [0.5, 0.6) is 23.0 Å². The summed E-state index contributed by atoms with van der Waals surface area (Å²) in [6.45, 7) is 4.10. The first-order chi connectivity index (χ1) is 21.4. The van der Waals surface area contributed by atoms with Crippen molar-refractivity contribution in [3.63, 3.8) is 0 Å². The van der Waals surface area contributed by atoms with E-state index >= 15 is 0 Å². The predicted octanol–water partition coefficient (Wildman–Crippen LogP) is 9.29. The molecular weight excluding hydrogens is 540 g/mol. The average Bonchev–Trinajstić information content (AvgIpc) is 3.02. The van der Waals surface area contributed by atoms with Crippen LogP contribution in [0, 0.1) is 61.2 Å². The summed E-state index contributed by atoms with van der Waals surface area (Å²) < 4.78 is 12.7. The number of anilines is 2. The van der Waals surface area contributed by atoms with Crippen LogP contribution in [0.25, 0.3) is 0 Å². The molecule has 0 radical (unpaired) electrons. The zero-order valence-electron chi connectivity index (χ0n) is 25.7. The Balaban J connectivity index is 1.11. The van der Waals surface area contributed by atoms with Crippen molar-refractivity contribution in [2.75, 3.05) is 11.5 Å². The van der Waals surface area contributed by atoms with Crippen molar-refractivity contribution >= 4 is 11.4 Å². The molecule has 44 heavy (non-hydrogen) atoms. The van der Waals surface area contributed by atoms with Gasteiger partial charge in [-0.1, -0.05) is 24.3 Å². The Morgan fingerprint density at radius 2 is 0.977 bits per heavy atom. The van der Waals surface area contributed by atoms with Crippen molar-refractivity contribution in [1.82, 2.24) is 0 Å². The van der Waals surface area contributed by atoms with Crippen molar-refractivity contribution in [3.8, 4) is 23.0 Å². The molecule has 4 aromatic carbocycles. The Morgan fingerprint density at radius 1 is 0.545 bits per heavy atom. The topological polar surface area (TPSA) is 70.5 Å². The molecule has 0 aliphatic heterocycles. The first kappa shape index (κ1) is 26.5. The molecule has 7 saturated carbocycles. The third kappa shape index (κ3) is 3.76. The fourth-order valence-electron chi connectivity index (χ4n) is 11.5. The van der Waals surface area contributed by atoms with Gasteiger partial charge in [0.2, 0.25) is 0 Å². The van der Waals surface area contributed by atoms with E-state index in [4.69, 9.17) is 20.9 Å². The van der Waals surface area contributed by atoms with Gasteiger partial charge in [0.1, 0.15) is 23.0 Å². The lowest BCUT2D eigenvalue weighted by molar-refractivity contribution is -0.232. The summed E-state index contributed by atoms with van der Waals surface area (Å²) >= 11 is 0. The van der Waals surface area contributed by atoms with Gasteiger partial charge in [0.25, 0.3) is 0 Å². The summed E-state index contributed by atoms with van der Waals surface area (Å²) in [6.07, 6.45) is 7.17. The van der Waals surface area contributed by atoms with Crippen LogP contribution in [0.15, 0.2) is 84.9 Å². The van der Waals surface area contributed by atoms with Gasteiger partial charge >= 0.3 is 0 Å². The maximum atomic E-state index is 6.37. The lowest BCUT2D eigenvalue weighted by atomic mass is 9.29. The highest BCUT2D eigenvalue weighted by Gasteiger charge is 2.71. The molecule has 11 rings (SSSR count). The zero-order chi connectivity index (χ0) is 29.7. The van der Waals surface area contributed by atoms with Gasteiger partial charge in [0.05, 0.1) is 0 Å². The smallest absolute Gasteiger partial charge is 0.130 e. The fraction of sp³-hybridized carbons (Fsp3) is 0.400. The summed E-state index contributed by atoms with van der Waals surface area (Å²) in [7, 11) is 0. The van der Waals surface area contributed by atoms with Crippen LogP contribution < -0.4 is 20.9 Å². The van der Waals surface area contributed by atoms with Crippen molar-refractivity contribution in [2.45, 2.75) is 51.4 Å². The normalized spacial score (nSPS) is 31.8. The maximum absolute atomic E-state index is 6.37. The highest BCUT2D eigenvalue weighted by atomic mass is 16.5. The molecule has 0 spiro atoms. The van der Waals surface area contributed by atoms with Crippen LogP contribution in [0.2, 0.25) is 0 Å². The average molecular weight is 583 g/mol. The summed E-state index contributed by atoms with van der Waals surface area (Å²) in [6, 6.07) is 30.1. The molecule has 4 nitrogen and oxygen atoms in total. The van der Waals surface area contributed by atoms with Crippen LogP contribution in [-0.2, 0) is 5.41 Å². The minimum atomic E-state index is 0.0287. The highest BCUT2D eigenvalue weighted by molar-refractivity contribution is 5.52. The Morgan fingerprint density at radius 3 is 1.43 bits per heavy atom. The Bertz CT molecular complexity index is 1620. The van der Waals surface area contributed by atoms with Crippen LogP contribution >= 0.6 is 0 Å². The van der Waals surface area contributed by atoms with Crippen molar-refractivity contribution in [1.29, 1.82) is 0 Å². The first-order valence-corrected chi connectivity index (χ1v) is 16.7. The van der Waals surface area contributed by atoms with Gasteiger partial charge < -0.3 is 20.9 Å². The van der Waals surface area contributed by atoms with Gasteiger partial charge in [-0.25, -0.2) is 0 Å². The maximum Gasteiger partial charge on any atom is 0.130 e. The number of ether oxygens (including phenoxy) is 2. The van der Waals surface area contributed by atoms with Crippen molar-refractivity contribution in [3.05, 3.63) is 107 Å². The molecule has 0 saturated heterocycles. The van der Waals surface area contributed by atoms with E-state index in [0.717, 1.165) is 86.9 Å². The van der Waals surface area contributed by atoms with Gasteiger partial charge in [0.15, 0.2) is 0 Å². The minimum Gasteiger partial charge on any atom is -0.457 e. The highest BCUT2D eigenvalue weighted by Crippen LogP contribution is 2.77. The quantitative estimate of drug-likeness (QED) is 0.222. The van der Waals surface area contributed by atoms with Gasteiger partial charge in [-0.15, -0.1) is 0 Å². The largest absolute Gasteiger partial charge is 0.457 e. The fourth-order valence-corrected chi connectivity index (χ4v) is 11.5. The summed E-state index contributed by atoms with van der Waals surface area (Å²) in [5.74, 6) is 10.4. The second-order valence-corrected chi connectivity index (χ2v) is 14.8. The number of aryl methyl sites for hydroxylation is 2. The Kier molecular flexibility index (Phi) is 5.74. The molecule has 4 atom stereocenters. The van der Waals surface area contributed by atoms with Crippen LogP contribution in [-0.4, -0.2) is 0 Å². The molecule has 4 aromatic rings. The molecule has 0 amide bonds. The zero-order valence-corrected chi connectivity index (χ0v) is 25.7. The molecule has 224 valence electrons. The molecule has 0 aromatic heterocycles. The number of nitrogen functional groups attached to an aromatic ring is 2. The lowest BCUT2D eigenvalue weighted by Crippen LogP contribution is -2.70. The minimum absolute atomic E-state index is 0.0287. The summed E-state index contributed by atoms with van der Waals surface area (Å²) in [5, 5.41) is 0. The monoisotopic (exact) mass is 582 g/mol. The molecule has 4 heteroatoms. The van der Waals surface area contributed by atoms with Crippen molar-refractivity contribution in [2.24, 2.45) is 47.3 Å². The standard InChI is InChI=1S/C40H42N2O2/c1-22-15-28(41)7-13-37(22)43-30-9-3-25(4-10-30)40(26-5-11-31(12-6-26)44-38-14-8-29(42)16-23(38)2)27-20-33-32-17-24-18-35(33)39(40)36(19-24)34(32)21-27/h3-16,24,27,32-36,39H,17-21,41-42H2,1-2H3. The number of hydrogen-bond acceptors (Lipinski definition) is 4. The van der Waals surface area contributed by atoms with Crippen LogP contribution in [0.3, 0.4) is 0 Å². The van der Waals surface area contributed by atoms with Gasteiger partial charge in [-0.3, -0.25) is 0 Å². The molecule has 7 aliphatic rings. The first-order valence-electron chi connectivity index (χ1n) is 16.7. The van der Waals surface area contributed by atoms with E-state index in [1.807, 2.05) is 36.4 Å². The van der Waals surface area contributed by atoms with Gasteiger partial charge in [-0.2, -0.15) is 0 Å². The second-order valence-electron chi connectivity index (χ2n) is 14.8. The number of benzene rings is 4. The Hall–Kier alpha value is -3.92. The van der Waals surface area contributed by atoms with Gasteiger partial charge in [0, 0.05) is 16.8 Å². The predicted molar refractivity (Wildman–Crippen MR) is 176 cm³/mol. The van der Waals surface area contributed by atoms with Gasteiger partial charge in [-0.05, 0) is 176 Å². The SMILES string of the molecule is Cc1cc(N)ccc1Oc1ccc(C2(c3ccc(Oc4ccc(N)cc4C)cc3)C3CC4C5CC6CC4C2C(C6)C5C3)cc1. The summed E-state index contributed by atoms with van der Waals surface area (Å²) in [5.41, 5.74) is 18.6. The molecule has 7 aliphatic carbocycles. The van der Waals surface area contributed by atoms with E-state index in [1.54, 1.807) is 0 Å². The van der Waals surface area contributed by atoms with E-state index in [9.17, 15) is 0 Å². The van der Waals surface area contributed by atoms with E-state index in [-0.39, 0.29) is 5.41 Å². The molecule has 4 N–H and O–H groups in total. The van der Waals surface area contributed by atoms with E-state index < -0.39 is 0 Å². The molecule has 7 fully saturated rings. The summed E-state index contributed by atoms with van der Waals surface area (Å²) in [4.78, 5) is 0. The molecule has 4 unspecified atom stereocenters. The number of nitrogens with two attached hydrogens (primary N) is 2. The molecule has 8 bridgehead atoms. The van der Waals surface area contributed by atoms with Crippen LogP contribution in [0.4, 0.5) is 11.4 Å².